The number of rotatable bonds is 11. The van der Waals surface area contributed by atoms with Gasteiger partial charge in [0, 0.05) is 0 Å². The first-order chi connectivity index (χ1) is 12.5. The van der Waals surface area contributed by atoms with Crippen LogP contribution in [0.3, 0.4) is 0 Å². The van der Waals surface area contributed by atoms with Crippen molar-refractivity contribution in [2.24, 2.45) is 34.5 Å². The molecule has 27 heavy (non-hydrogen) atoms. The summed E-state index contributed by atoms with van der Waals surface area (Å²) in [7, 11) is 0. The molecular formula is C23H42O4. The summed E-state index contributed by atoms with van der Waals surface area (Å²) in [6.45, 7) is 12.3. The summed E-state index contributed by atoms with van der Waals surface area (Å²) in [6, 6.07) is 0. The van der Waals surface area contributed by atoms with E-state index in [0.29, 0.717) is 25.2 Å². The van der Waals surface area contributed by atoms with E-state index in [0.717, 1.165) is 38.5 Å². The molecule has 0 aliphatic heterocycles. The van der Waals surface area contributed by atoms with Crippen LogP contribution in [0.1, 0.15) is 99.3 Å². The second-order valence-corrected chi connectivity index (χ2v) is 10.1. The second kappa shape index (κ2) is 9.93. The predicted octanol–water partition coefficient (Wildman–Crippen LogP) is 6.24. The number of hydrogen-bond acceptors (Lipinski definition) is 2. The van der Waals surface area contributed by atoms with Crippen LogP contribution in [-0.4, -0.2) is 22.2 Å². The normalized spacial score (nSPS) is 20.6. The van der Waals surface area contributed by atoms with Gasteiger partial charge in [-0.1, -0.05) is 60.8 Å². The molecule has 0 aromatic rings. The van der Waals surface area contributed by atoms with Crippen LogP contribution in [0.15, 0.2) is 0 Å². The maximum absolute atomic E-state index is 13.0. The van der Waals surface area contributed by atoms with Gasteiger partial charge >= 0.3 is 11.9 Å². The highest BCUT2D eigenvalue weighted by atomic mass is 16.4. The molecule has 0 amide bonds. The lowest BCUT2D eigenvalue weighted by molar-refractivity contribution is -0.189. The number of carboxylic acid groups (broad SMARTS) is 2. The third-order valence-electron chi connectivity index (χ3n) is 6.58. The van der Waals surface area contributed by atoms with Gasteiger partial charge in [-0.05, 0) is 62.2 Å². The maximum Gasteiger partial charge on any atom is 0.311 e. The molecule has 158 valence electrons. The lowest BCUT2D eigenvalue weighted by Crippen LogP contribution is -2.58. The minimum Gasteiger partial charge on any atom is -0.481 e. The van der Waals surface area contributed by atoms with Crippen molar-refractivity contribution in [1.82, 2.24) is 0 Å². The van der Waals surface area contributed by atoms with Gasteiger partial charge in [0.05, 0.1) is 10.8 Å². The van der Waals surface area contributed by atoms with Crippen LogP contribution >= 0.6 is 0 Å². The fraction of sp³-hybridized carbons (Fsp3) is 0.913. The standard InChI is InChI=1S/C23H42O4/c1-16(2)12-13-22(20(24)25,14-17(3)4)23(21(26)27,15-18(5)6)19-10-8-7-9-11-19/h16-19H,7-15H2,1-6H3,(H,24,25)(H,26,27). The average molecular weight is 383 g/mol. The number of aliphatic carboxylic acids is 2. The smallest absolute Gasteiger partial charge is 0.311 e. The fourth-order valence-corrected chi connectivity index (χ4v) is 5.58. The molecule has 2 unspecified atom stereocenters. The maximum atomic E-state index is 13.0. The number of hydrogen-bond donors (Lipinski definition) is 2. The van der Waals surface area contributed by atoms with E-state index in [9.17, 15) is 19.8 Å². The van der Waals surface area contributed by atoms with Crippen molar-refractivity contribution in [3.8, 4) is 0 Å². The predicted molar refractivity (Wildman–Crippen MR) is 110 cm³/mol. The molecule has 0 bridgehead atoms. The lowest BCUT2D eigenvalue weighted by atomic mass is 9.48. The van der Waals surface area contributed by atoms with Crippen molar-refractivity contribution in [2.75, 3.05) is 0 Å². The highest BCUT2D eigenvalue weighted by molar-refractivity contribution is 5.87. The summed E-state index contributed by atoms with van der Waals surface area (Å²) in [6.07, 6.45) is 6.92. The monoisotopic (exact) mass is 382 g/mol. The molecule has 0 spiro atoms. The summed E-state index contributed by atoms with van der Waals surface area (Å²) in [5, 5.41) is 21.2. The Hall–Kier alpha value is -1.06. The molecule has 1 rings (SSSR count). The zero-order chi connectivity index (χ0) is 20.8. The van der Waals surface area contributed by atoms with Crippen molar-refractivity contribution in [3.63, 3.8) is 0 Å². The highest BCUT2D eigenvalue weighted by Crippen LogP contribution is 2.59. The van der Waals surface area contributed by atoms with Gasteiger partial charge in [0.25, 0.3) is 0 Å². The molecular weight excluding hydrogens is 340 g/mol. The van der Waals surface area contributed by atoms with E-state index in [1.54, 1.807) is 0 Å². The Kier molecular flexibility index (Phi) is 8.82. The molecule has 1 saturated carbocycles. The molecule has 1 aliphatic carbocycles. The van der Waals surface area contributed by atoms with Gasteiger partial charge in [-0.15, -0.1) is 0 Å². The Morgan fingerprint density at radius 2 is 1.33 bits per heavy atom. The van der Waals surface area contributed by atoms with Crippen molar-refractivity contribution >= 4 is 11.9 Å². The summed E-state index contributed by atoms with van der Waals surface area (Å²) >= 11 is 0. The Labute approximate surface area is 166 Å². The average Bonchev–Trinajstić information content (AvgIpc) is 2.56. The number of carboxylic acids is 2. The molecule has 2 N–H and O–H groups in total. The zero-order valence-electron chi connectivity index (χ0n) is 18.4. The molecule has 1 fully saturated rings. The molecule has 0 aromatic heterocycles. The van der Waals surface area contributed by atoms with Crippen molar-refractivity contribution < 1.29 is 19.8 Å². The summed E-state index contributed by atoms with van der Waals surface area (Å²) in [5.74, 6) is -1.18. The Bertz CT molecular complexity index is 491. The van der Waals surface area contributed by atoms with Gasteiger partial charge in [-0.2, -0.15) is 0 Å². The van der Waals surface area contributed by atoms with Crippen LogP contribution in [0.2, 0.25) is 0 Å². The van der Waals surface area contributed by atoms with Crippen LogP contribution in [0.25, 0.3) is 0 Å². The molecule has 0 aromatic carbocycles. The quantitative estimate of drug-likeness (QED) is 0.444. The van der Waals surface area contributed by atoms with E-state index < -0.39 is 22.8 Å². The third kappa shape index (κ3) is 5.26. The van der Waals surface area contributed by atoms with E-state index in [-0.39, 0.29) is 17.8 Å². The fourth-order valence-electron chi connectivity index (χ4n) is 5.58. The van der Waals surface area contributed by atoms with E-state index in [4.69, 9.17) is 0 Å². The van der Waals surface area contributed by atoms with Crippen molar-refractivity contribution in [2.45, 2.75) is 99.3 Å². The van der Waals surface area contributed by atoms with Crippen molar-refractivity contribution in [3.05, 3.63) is 0 Å². The molecule has 4 nitrogen and oxygen atoms in total. The van der Waals surface area contributed by atoms with Crippen LogP contribution < -0.4 is 0 Å². The summed E-state index contributed by atoms with van der Waals surface area (Å²) in [4.78, 5) is 25.9. The lowest BCUT2D eigenvalue weighted by Gasteiger charge is -2.52. The summed E-state index contributed by atoms with van der Waals surface area (Å²) < 4.78 is 0. The van der Waals surface area contributed by atoms with Gasteiger partial charge in [-0.25, -0.2) is 0 Å². The van der Waals surface area contributed by atoms with Crippen molar-refractivity contribution in [1.29, 1.82) is 0 Å². The first kappa shape index (κ1) is 24.0. The molecule has 2 atom stereocenters. The second-order valence-electron chi connectivity index (χ2n) is 10.1. The van der Waals surface area contributed by atoms with E-state index in [1.807, 2.05) is 27.7 Å². The Balaban J connectivity index is 3.66. The zero-order valence-corrected chi connectivity index (χ0v) is 18.4. The molecule has 4 heteroatoms. The minimum atomic E-state index is -1.20. The molecule has 0 radical (unpaired) electrons. The van der Waals surface area contributed by atoms with Crippen LogP contribution in [0.5, 0.6) is 0 Å². The Morgan fingerprint density at radius 3 is 1.70 bits per heavy atom. The van der Waals surface area contributed by atoms with Crippen LogP contribution in [0.4, 0.5) is 0 Å². The largest absolute Gasteiger partial charge is 0.481 e. The van der Waals surface area contributed by atoms with Gasteiger partial charge in [0.2, 0.25) is 0 Å². The van der Waals surface area contributed by atoms with Gasteiger partial charge in [0.1, 0.15) is 0 Å². The van der Waals surface area contributed by atoms with Gasteiger partial charge in [-0.3, -0.25) is 9.59 Å². The van der Waals surface area contributed by atoms with E-state index in [2.05, 4.69) is 13.8 Å². The minimum absolute atomic E-state index is 0.0480. The highest BCUT2D eigenvalue weighted by Gasteiger charge is 2.64. The van der Waals surface area contributed by atoms with Crippen LogP contribution in [-0.2, 0) is 9.59 Å². The first-order valence-corrected chi connectivity index (χ1v) is 11.0. The molecule has 0 heterocycles. The van der Waals surface area contributed by atoms with Crippen LogP contribution in [0, 0.1) is 34.5 Å². The van der Waals surface area contributed by atoms with Gasteiger partial charge in [0.15, 0.2) is 0 Å². The Morgan fingerprint density at radius 1 is 0.815 bits per heavy atom. The number of carbonyl (C=O) groups is 2. The van der Waals surface area contributed by atoms with E-state index in [1.165, 1.54) is 0 Å². The van der Waals surface area contributed by atoms with E-state index >= 15 is 0 Å². The molecule has 1 aliphatic rings. The third-order valence-corrected chi connectivity index (χ3v) is 6.58. The SMILES string of the molecule is CC(C)CCC(CC(C)C)(C(=O)O)C(CC(C)C)(C(=O)O)C1CCCCC1. The van der Waals surface area contributed by atoms with Gasteiger partial charge < -0.3 is 10.2 Å². The molecule has 0 saturated heterocycles. The first-order valence-electron chi connectivity index (χ1n) is 11.0. The summed E-state index contributed by atoms with van der Waals surface area (Å²) in [5.41, 5.74) is -2.39. The topological polar surface area (TPSA) is 74.6 Å².